The Bertz CT molecular complexity index is 1300. The minimum atomic E-state index is -3.82. The van der Waals surface area contributed by atoms with Gasteiger partial charge in [-0.2, -0.15) is 0 Å². The van der Waals surface area contributed by atoms with Gasteiger partial charge in [0.2, 0.25) is 16.8 Å². The SMILES string of the molecule is Cc1cc(S(=O)(=O)NC[C@@H](c2ccc3c(c2)OCO3)N2CCN(c3ccccc3)CC2)ccc1F. The van der Waals surface area contributed by atoms with E-state index in [1.54, 1.807) is 6.92 Å². The van der Waals surface area contributed by atoms with Gasteiger partial charge in [0.15, 0.2) is 11.5 Å². The smallest absolute Gasteiger partial charge is 0.240 e. The summed E-state index contributed by atoms with van der Waals surface area (Å²) in [7, 11) is -3.82. The molecule has 2 aliphatic heterocycles. The Hall–Kier alpha value is -3.14. The Kier molecular flexibility index (Phi) is 6.64. The van der Waals surface area contributed by atoms with Gasteiger partial charge in [-0.3, -0.25) is 4.90 Å². The number of nitrogens with zero attached hydrogens (tertiary/aromatic N) is 2. The van der Waals surface area contributed by atoms with Crippen molar-refractivity contribution in [2.24, 2.45) is 0 Å². The van der Waals surface area contributed by atoms with Crippen molar-refractivity contribution in [3.63, 3.8) is 0 Å². The topological polar surface area (TPSA) is 71.1 Å². The highest BCUT2D eigenvalue weighted by Gasteiger charge is 2.28. The molecule has 1 N–H and O–H groups in total. The molecular formula is C26H28FN3O4S. The maximum Gasteiger partial charge on any atom is 0.240 e. The third-order valence-electron chi connectivity index (χ3n) is 6.56. The summed E-state index contributed by atoms with van der Waals surface area (Å²) < 4.78 is 53.5. The van der Waals surface area contributed by atoms with Crippen molar-refractivity contribution in [3.05, 3.63) is 83.7 Å². The van der Waals surface area contributed by atoms with E-state index in [0.29, 0.717) is 11.5 Å². The van der Waals surface area contributed by atoms with Gasteiger partial charge in [0.05, 0.1) is 4.90 Å². The molecule has 5 rings (SSSR count). The van der Waals surface area contributed by atoms with Gasteiger partial charge in [0.1, 0.15) is 5.82 Å². The van der Waals surface area contributed by atoms with Gasteiger partial charge < -0.3 is 14.4 Å². The first-order chi connectivity index (χ1) is 16.9. The normalized spacial score (nSPS) is 16.9. The molecule has 184 valence electrons. The first kappa shape index (κ1) is 23.6. The minimum absolute atomic E-state index is 0.0507. The largest absolute Gasteiger partial charge is 0.454 e. The van der Waals surface area contributed by atoms with E-state index in [9.17, 15) is 12.8 Å². The average molecular weight is 498 g/mol. The van der Waals surface area contributed by atoms with E-state index in [2.05, 4.69) is 26.7 Å². The second kappa shape index (κ2) is 9.85. The Morgan fingerprint density at radius 3 is 2.43 bits per heavy atom. The van der Waals surface area contributed by atoms with E-state index in [1.807, 2.05) is 36.4 Å². The fourth-order valence-electron chi connectivity index (χ4n) is 4.57. The molecule has 3 aromatic rings. The van der Waals surface area contributed by atoms with Crippen molar-refractivity contribution in [1.82, 2.24) is 9.62 Å². The van der Waals surface area contributed by atoms with Crippen LogP contribution in [-0.2, 0) is 10.0 Å². The van der Waals surface area contributed by atoms with Crippen LogP contribution in [0.4, 0.5) is 10.1 Å². The van der Waals surface area contributed by atoms with E-state index in [4.69, 9.17) is 9.47 Å². The highest BCUT2D eigenvalue weighted by Crippen LogP contribution is 2.36. The number of benzene rings is 3. The highest BCUT2D eigenvalue weighted by atomic mass is 32.2. The number of aryl methyl sites for hydroxylation is 1. The van der Waals surface area contributed by atoms with Crippen molar-refractivity contribution >= 4 is 15.7 Å². The molecule has 0 bridgehead atoms. The number of sulfonamides is 1. The first-order valence-electron chi connectivity index (χ1n) is 11.6. The number of ether oxygens (including phenoxy) is 2. The van der Waals surface area contributed by atoms with Crippen LogP contribution >= 0.6 is 0 Å². The van der Waals surface area contributed by atoms with Crippen molar-refractivity contribution < 1.29 is 22.3 Å². The molecule has 9 heteroatoms. The van der Waals surface area contributed by atoms with Crippen LogP contribution in [0.1, 0.15) is 17.2 Å². The lowest BCUT2D eigenvalue weighted by Crippen LogP contribution is -2.49. The lowest BCUT2D eigenvalue weighted by molar-refractivity contribution is 0.173. The molecule has 0 unspecified atom stereocenters. The number of fused-ring (bicyclic) bond motifs is 1. The van der Waals surface area contributed by atoms with Crippen molar-refractivity contribution in [2.45, 2.75) is 17.9 Å². The first-order valence-corrected chi connectivity index (χ1v) is 13.1. The van der Waals surface area contributed by atoms with Crippen molar-refractivity contribution in [3.8, 4) is 11.5 Å². The van der Waals surface area contributed by atoms with Gasteiger partial charge in [-0.05, 0) is 60.5 Å². The molecule has 35 heavy (non-hydrogen) atoms. The molecule has 1 saturated heterocycles. The third-order valence-corrected chi connectivity index (χ3v) is 7.99. The highest BCUT2D eigenvalue weighted by molar-refractivity contribution is 7.89. The predicted molar refractivity (Wildman–Crippen MR) is 132 cm³/mol. The lowest BCUT2D eigenvalue weighted by Gasteiger charge is -2.40. The molecule has 0 radical (unpaired) electrons. The summed E-state index contributed by atoms with van der Waals surface area (Å²) in [4.78, 5) is 4.67. The van der Waals surface area contributed by atoms with Gasteiger partial charge in [-0.25, -0.2) is 17.5 Å². The van der Waals surface area contributed by atoms with E-state index in [1.165, 1.54) is 23.9 Å². The fraction of sp³-hybridized carbons (Fsp3) is 0.308. The molecule has 0 aromatic heterocycles. The quantitative estimate of drug-likeness (QED) is 0.537. The monoisotopic (exact) mass is 497 g/mol. The van der Waals surface area contributed by atoms with E-state index >= 15 is 0 Å². The summed E-state index contributed by atoms with van der Waals surface area (Å²) in [6.07, 6.45) is 0. The second-order valence-corrected chi connectivity index (χ2v) is 10.5. The second-order valence-electron chi connectivity index (χ2n) is 8.75. The van der Waals surface area contributed by atoms with Crippen LogP contribution in [0.3, 0.4) is 0 Å². The van der Waals surface area contributed by atoms with Crippen LogP contribution in [-0.4, -0.2) is 52.8 Å². The number of nitrogens with one attached hydrogen (secondary N) is 1. The standard InChI is InChI=1S/C26H28FN3O4S/c1-19-15-22(8-9-23(19)27)35(31,32)28-17-24(20-7-10-25-26(16-20)34-18-33-25)30-13-11-29(12-14-30)21-5-3-2-4-6-21/h2-10,15-16,24,28H,11-14,17-18H2,1H3/t24-/m0/s1. The molecule has 7 nitrogen and oxygen atoms in total. The Balaban J connectivity index is 1.36. The number of hydrogen-bond acceptors (Lipinski definition) is 6. The van der Waals surface area contributed by atoms with Crippen LogP contribution in [0.15, 0.2) is 71.6 Å². The molecular weight excluding hydrogens is 469 g/mol. The molecule has 3 aromatic carbocycles. The maximum atomic E-state index is 13.7. The molecule has 0 saturated carbocycles. The number of halogens is 1. The molecule has 0 spiro atoms. The van der Waals surface area contributed by atoms with Crippen LogP contribution in [0.5, 0.6) is 11.5 Å². The summed E-state index contributed by atoms with van der Waals surface area (Å²) in [5.74, 6) is 0.912. The van der Waals surface area contributed by atoms with Gasteiger partial charge in [0, 0.05) is 44.5 Å². The molecule has 0 amide bonds. The molecule has 2 heterocycles. The van der Waals surface area contributed by atoms with E-state index in [0.717, 1.165) is 31.7 Å². The van der Waals surface area contributed by atoms with Crippen LogP contribution in [0.2, 0.25) is 0 Å². The van der Waals surface area contributed by atoms with Gasteiger partial charge in [-0.1, -0.05) is 24.3 Å². The van der Waals surface area contributed by atoms with Gasteiger partial charge in [0.25, 0.3) is 0 Å². The summed E-state index contributed by atoms with van der Waals surface area (Å²) in [6, 6.07) is 19.6. The molecule has 1 atom stereocenters. The zero-order valence-electron chi connectivity index (χ0n) is 19.5. The van der Waals surface area contributed by atoms with Crippen molar-refractivity contribution in [1.29, 1.82) is 0 Å². The number of hydrogen-bond donors (Lipinski definition) is 1. The third kappa shape index (κ3) is 5.12. The Morgan fingerprint density at radius 1 is 0.943 bits per heavy atom. The summed E-state index contributed by atoms with van der Waals surface area (Å²) in [5, 5.41) is 0. The van der Waals surface area contributed by atoms with Gasteiger partial charge >= 0.3 is 0 Å². The number of para-hydroxylation sites is 1. The number of piperazine rings is 1. The zero-order valence-corrected chi connectivity index (χ0v) is 20.3. The molecule has 2 aliphatic rings. The van der Waals surface area contributed by atoms with Crippen molar-refractivity contribution in [2.75, 3.05) is 44.4 Å². The van der Waals surface area contributed by atoms with Gasteiger partial charge in [-0.15, -0.1) is 0 Å². The lowest BCUT2D eigenvalue weighted by atomic mass is 10.0. The fourth-order valence-corrected chi connectivity index (χ4v) is 5.69. The molecule has 1 fully saturated rings. The summed E-state index contributed by atoms with van der Waals surface area (Å²) in [6.45, 7) is 5.09. The maximum absolute atomic E-state index is 13.7. The minimum Gasteiger partial charge on any atom is -0.454 e. The van der Waals surface area contributed by atoms with Crippen LogP contribution < -0.4 is 19.1 Å². The predicted octanol–water partition coefficient (Wildman–Crippen LogP) is 3.70. The Morgan fingerprint density at radius 2 is 1.69 bits per heavy atom. The number of anilines is 1. The summed E-state index contributed by atoms with van der Waals surface area (Å²) >= 11 is 0. The molecule has 0 aliphatic carbocycles. The Labute approximate surface area is 205 Å². The van der Waals surface area contributed by atoms with E-state index in [-0.39, 0.29) is 29.8 Å². The van der Waals surface area contributed by atoms with E-state index < -0.39 is 15.8 Å². The van der Waals surface area contributed by atoms with Crippen LogP contribution in [0, 0.1) is 12.7 Å². The van der Waals surface area contributed by atoms with Crippen LogP contribution in [0.25, 0.3) is 0 Å². The average Bonchev–Trinajstić information content (AvgIpc) is 3.35. The summed E-state index contributed by atoms with van der Waals surface area (Å²) in [5.41, 5.74) is 2.41. The number of rotatable bonds is 7. The zero-order chi connectivity index (χ0) is 24.4.